The van der Waals surface area contributed by atoms with Crippen molar-refractivity contribution in [3.05, 3.63) is 84.9 Å². The topological polar surface area (TPSA) is 9.86 Å². The number of fused-ring (bicyclic) bond motifs is 6. The van der Waals surface area contributed by atoms with Crippen molar-refractivity contribution < 1.29 is 0 Å². The molecule has 2 atom stereocenters. The minimum Gasteiger partial charge on any atom is -0.339 e. The lowest BCUT2D eigenvalue weighted by Gasteiger charge is -2.08. The fraction of sp³-hybridized carbons (Fsp3) is 0.200. The van der Waals surface area contributed by atoms with Crippen molar-refractivity contribution in [1.82, 2.24) is 9.13 Å². The number of thioether (sulfide) groups is 2. The first-order valence-electron chi connectivity index (χ1n) is 12.1. The maximum atomic E-state index is 2.53. The van der Waals surface area contributed by atoms with Crippen LogP contribution in [0.1, 0.15) is 0 Å². The molecule has 0 saturated carbocycles. The summed E-state index contributed by atoms with van der Waals surface area (Å²) in [4.78, 5) is 0. The molecule has 2 fully saturated rings. The zero-order valence-electron chi connectivity index (χ0n) is 18.8. The number of nitrogens with zero attached hydrogens (tertiary/aromatic N) is 2. The molecule has 0 bridgehead atoms. The third-order valence-corrected chi connectivity index (χ3v) is 9.36. The van der Waals surface area contributed by atoms with E-state index >= 15 is 0 Å². The number of para-hydroxylation sites is 2. The molecule has 2 nitrogen and oxygen atoms in total. The van der Waals surface area contributed by atoms with Crippen LogP contribution in [0, 0.1) is 0 Å². The average molecular weight is 477 g/mol. The Bertz CT molecular complexity index is 1600. The van der Waals surface area contributed by atoms with Crippen molar-refractivity contribution in [3.63, 3.8) is 0 Å². The number of hydrogen-bond donors (Lipinski definition) is 0. The molecular formula is C30H24N2S2. The van der Waals surface area contributed by atoms with E-state index in [4.69, 9.17) is 0 Å². The van der Waals surface area contributed by atoms with Gasteiger partial charge in [0.25, 0.3) is 0 Å². The number of benzene rings is 4. The summed E-state index contributed by atoms with van der Waals surface area (Å²) in [6, 6.07) is 31.9. The van der Waals surface area contributed by atoms with Gasteiger partial charge in [0, 0.05) is 78.7 Å². The molecule has 8 rings (SSSR count). The number of rotatable bonds is 5. The molecule has 0 N–H and O–H groups in total. The van der Waals surface area contributed by atoms with Crippen molar-refractivity contribution in [2.45, 2.75) is 23.6 Å². The molecule has 4 heterocycles. The van der Waals surface area contributed by atoms with Gasteiger partial charge < -0.3 is 9.13 Å². The number of aromatic nitrogens is 2. The molecule has 4 aromatic carbocycles. The molecule has 2 saturated heterocycles. The Hall–Kier alpha value is -2.82. The summed E-state index contributed by atoms with van der Waals surface area (Å²) < 4.78 is 5.07. The smallest absolute Gasteiger partial charge is 0.0492 e. The first-order valence-corrected chi connectivity index (χ1v) is 14.2. The highest BCUT2D eigenvalue weighted by atomic mass is 32.2. The van der Waals surface area contributed by atoms with E-state index in [0.717, 1.165) is 23.6 Å². The van der Waals surface area contributed by atoms with Gasteiger partial charge in [0.2, 0.25) is 0 Å². The third-order valence-electron chi connectivity index (χ3n) is 7.46. The minimum absolute atomic E-state index is 0.771. The Balaban J connectivity index is 1.31. The first-order chi connectivity index (χ1) is 16.8. The molecule has 0 radical (unpaired) electrons. The second-order valence-corrected chi connectivity index (χ2v) is 12.3. The predicted octanol–water partition coefficient (Wildman–Crippen LogP) is 7.80. The zero-order valence-corrected chi connectivity index (χ0v) is 20.4. The maximum Gasteiger partial charge on any atom is 0.0492 e. The van der Waals surface area contributed by atoms with Crippen LogP contribution in [-0.2, 0) is 13.1 Å². The van der Waals surface area contributed by atoms with E-state index in [2.05, 4.69) is 118 Å². The van der Waals surface area contributed by atoms with E-state index < -0.39 is 0 Å². The number of hydrogen-bond acceptors (Lipinski definition) is 2. The van der Waals surface area contributed by atoms with Crippen LogP contribution >= 0.6 is 23.5 Å². The van der Waals surface area contributed by atoms with Crippen LogP contribution in [0.2, 0.25) is 0 Å². The quantitative estimate of drug-likeness (QED) is 0.235. The summed E-state index contributed by atoms with van der Waals surface area (Å²) in [6.45, 7) is 2.22. The van der Waals surface area contributed by atoms with Gasteiger partial charge >= 0.3 is 0 Å². The van der Waals surface area contributed by atoms with Crippen LogP contribution in [0.25, 0.3) is 54.7 Å². The van der Waals surface area contributed by atoms with Crippen LogP contribution in [0.4, 0.5) is 0 Å². The lowest BCUT2D eigenvalue weighted by molar-refractivity contribution is 0.777. The predicted molar refractivity (Wildman–Crippen MR) is 150 cm³/mol. The monoisotopic (exact) mass is 476 g/mol. The van der Waals surface area contributed by atoms with Crippen molar-refractivity contribution in [2.75, 3.05) is 11.5 Å². The highest BCUT2D eigenvalue weighted by molar-refractivity contribution is 8.07. The normalized spacial score (nSPS) is 19.5. The van der Waals surface area contributed by atoms with E-state index in [1.807, 2.05) is 0 Å². The van der Waals surface area contributed by atoms with Crippen LogP contribution < -0.4 is 0 Å². The summed E-state index contributed by atoms with van der Waals surface area (Å²) in [7, 11) is 0. The fourth-order valence-corrected chi connectivity index (χ4v) is 6.61. The molecule has 34 heavy (non-hydrogen) atoms. The molecule has 0 spiro atoms. The summed E-state index contributed by atoms with van der Waals surface area (Å²) in [5.41, 5.74) is 8.03. The highest BCUT2D eigenvalue weighted by Crippen LogP contribution is 2.39. The largest absolute Gasteiger partial charge is 0.339 e. The molecular weight excluding hydrogens is 452 g/mol. The van der Waals surface area contributed by atoms with Crippen molar-refractivity contribution in [3.8, 4) is 11.1 Å². The molecule has 166 valence electrons. The summed E-state index contributed by atoms with van der Waals surface area (Å²) in [5, 5.41) is 7.01. The van der Waals surface area contributed by atoms with E-state index in [1.165, 1.54) is 66.2 Å². The standard InChI is InChI=1S/C30H24N2S2/c1-3-7-27-23(5-1)25-13-19(9-11-29(25)31(27)15-21-17-33-21)20-10-12-30-26(14-20)24-6-2-4-8-28(24)32(30)16-22-18-34-22/h1-14,21-22H,15-18H2. The van der Waals surface area contributed by atoms with Gasteiger partial charge in [0.05, 0.1) is 0 Å². The van der Waals surface area contributed by atoms with E-state index in [9.17, 15) is 0 Å². The van der Waals surface area contributed by atoms with Crippen LogP contribution in [0.15, 0.2) is 84.9 Å². The average Bonchev–Trinajstić information content (AvgIpc) is 3.82. The van der Waals surface area contributed by atoms with E-state index in [1.54, 1.807) is 0 Å². The molecule has 2 aromatic heterocycles. The van der Waals surface area contributed by atoms with E-state index in [-0.39, 0.29) is 0 Å². The molecule has 2 aliphatic heterocycles. The van der Waals surface area contributed by atoms with Gasteiger partial charge in [-0.2, -0.15) is 23.5 Å². The SMILES string of the molecule is c1ccc2c(c1)c1cc(-c3ccc4c(c3)c3ccccc3n4CC3CS3)ccc1n2CC1CS1. The third kappa shape index (κ3) is 3.05. The zero-order chi connectivity index (χ0) is 22.2. The Kier molecular flexibility index (Phi) is 4.20. The van der Waals surface area contributed by atoms with Gasteiger partial charge in [-0.3, -0.25) is 0 Å². The van der Waals surface area contributed by atoms with Crippen molar-refractivity contribution in [2.24, 2.45) is 0 Å². The minimum atomic E-state index is 0.771. The summed E-state index contributed by atoms with van der Waals surface area (Å²) >= 11 is 4.14. The Morgan fingerprint density at radius 2 is 0.941 bits per heavy atom. The molecule has 2 unspecified atom stereocenters. The van der Waals surface area contributed by atoms with Crippen LogP contribution in [0.5, 0.6) is 0 Å². The molecule has 6 aromatic rings. The molecule has 4 heteroatoms. The second-order valence-electron chi connectivity index (χ2n) is 9.63. The molecule has 0 amide bonds. The lowest BCUT2D eigenvalue weighted by atomic mass is 10.0. The van der Waals surface area contributed by atoms with Gasteiger partial charge in [0.15, 0.2) is 0 Å². The first kappa shape index (κ1) is 19.5. The lowest BCUT2D eigenvalue weighted by Crippen LogP contribution is -2.02. The summed E-state index contributed by atoms with van der Waals surface area (Å²) in [5.74, 6) is 2.58. The Morgan fingerprint density at radius 3 is 1.38 bits per heavy atom. The van der Waals surface area contributed by atoms with Gasteiger partial charge in [-0.1, -0.05) is 48.5 Å². The second kappa shape index (κ2) is 7.34. The molecule has 2 aliphatic rings. The van der Waals surface area contributed by atoms with Crippen molar-refractivity contribution in [1.29, 1.82) is 0 Å². The Labute approximate surface area is 206 Å². The fourth-order valence-electron chi connectivity index (χ4n) is 5.61. The summed E-state index contributed by atoms with van der Waals surface area (Å²) in [6.07, 6.45) is 0. The highest BCUT2D eigenvalue weighted by Gasteiger charge is 2.26. The van der Waals surface area contributed by atoms with Crippen molar-refractivity contribution >= 4 is 67.1 Å². The van der Waals surface area contributed by atoms with Crippen LogP contribution in [0.3, 0.4) is 0 Å². The van der Waals surface area contributed by atoms with Gasteiger partial charge in [-0.15, -0.1) is 0 Å². The van der Waals surface area contributed by atoms with Gasteiger partial charge in [0.1, 0.15) is 0 Å². The molecule has 0 aliphatic carbocycles. The van der Waals surface area contributed by atoms with Crippen LogP contribution in [-0.4, -0.2) is 31.1 Å². The van der Waals surface area contributed by atoms with E-state index in [0.29, 0.717) is 0 Å². The maximum absolute atomic E-state index is 2.53. The van der Waals surface area contributed by atoms with Gasteiger partial charge in [-0.25, -0.2) is 0 Å². The Morgan fingerprint density at radius 1 is 0.529 bits per heavy atom. The van der Waals surface area contributed by atoms with Gasteiger partial charge in [-0.05, 0) is 47.5 Å².